The van der Waals surface area contributed by atoms with Crippen molar-refractivity contribution in [3.63, 3.8) is 0 Å². The van der Waals surface area contributed by atoms with Crippen molar-refractivity contribution in [1.82, 2.24) is 4.90 Å². The lowest BCUT2D eigenvalue weighted by Gasteiger charge is -2.19. The van der Waals surface area contributed by atoms with Crippen LogP contribution in [0, 0.1) is 0 Å². The Morgan fingerprint density at radius 3 is 2.34 bits per heavy atom. The molecule has 6 heteroatoms. The Labute approximate surface area is 174 Å². The first kappa shape index (κ1) is 20.4. The van der Waals surface area contributed by atoms with E-state index in [2.05, 4.69) is 5.32 Å². The number of carbonyl (C=O) groups excluding carboxylic acids is 2. The standard InChI is InChI=1S/C23H21ClN2O3/c1-26(15-17-9-3-2-4-10-17)23(28)18-11-5-7-13-20(18)25-22(27)16-29-21-14-8-6-12-19(21)24/h2-14H,15-16H2,1H3,(H,25,27). The molecule has 5 nitrogen and oxygen atoms in total. The number of nitrogens with zero attached hydrogens (tertiary/aromatic N) is 1. The number of benzene rings is 3. The van der Waals surface area contributed by atoms with Crippen LogP contribution in [0.25, 0.3) is 0 Å². The van der Waals surface area contributed by atoms with Crippen LogP contribution in [-0.4, -0.2) is 30.4 Å². The van der Waals surface area contributed by atoms with Gasteiger partial charge in [-0.1, -0.05) is 66.2 Å². The monoisotopic (exact) mass is 408 g/mol. The Hall–Kier alpha value is -3.31. The molecule has 29 heavy (non-hydrogen) atoms. The van der Waals surface area contributed by atoms with Crippen molar-refractivity contribution >= 4 is 29.1 Å². The third kappa shape index (κ3) is 5.59. The van der Waals surface area contributed by atoms with Gasteiger partial charge in [0.25, 0.3) is 11.8 Å². The van der Waals surface area contributed by atoms with Gasteiger partial charge in [-0.05, 0) is 29.8 Å². The van der Waals surface area contributed by atoms with Crippen LogP contribution in [0.4, 0.5) is 5.69 Å². The van der Waals surface area contributed by atoms with Gasteiger partial charge in [-0.2, -0.15) is 0 Å². The molecule has 0 spiro atoms. The summed E-state index contributed by atoms with van der Waals surface area (Å²) in [6.45, 7) is 0.254. The molecule has 0 bridgehead atoms. The molecule has 0 saturated heterocycles. The highest BCUT2D eigenvalue weighted by atomic mass is 35.5. The molecular formula is C23H21ClN2O3. The van der Waals surface area contributed by atoms with E-state index < -0.39 is 0 Å². The topological polar surface area (TPSA) is 58.6 Å². The highest BCUT2D eigenvalue weighted by Crippen LogP contribution is 2.23. The van der Waals surface area contributed by atoms with E-state index in [1.54, 1.807) is 60.5 Å². The summed E-state index contributed by atoms with van der Waals surface area (Å²) in [6.07, 6.45) is 0. The van der Waals surface area contributed by atoms with Crippen LogP contribution >= 0.6 is 11.6 Å². The molecule has 0 heterocycles. The fraction of sp³-hybridized carbons (Fsp3) is 0.130. The molecule has 1 N–H and O–H groups in total. The number of carbonyl (C=O) groups is 2. The molecular weight excluding hydrogens is 388 g/mol. The third-order valence-corrected chi connectivity index (χ3v) is 4.55. The van der Waals surface area contributed by atoms with Crippen molar-refractivity contribution in [2.45, 2.75) is 6.54 Å². The van der Waals surface area contributed by atoms with Gasteiger partial charge in [-0.25, -0.2) is 0 Å². The number of hydrogen-bond donors (Lipinski definition) is 1. The Morgan fingerprint density at radius 1 is 0.931 bits per heavy atom. The molecule has 0 fully saturated rings. The number of hydrogen-bond acceptors (Lipinski definition) is 3. The summed E-state index contributed by atoms with van der Waals surface area (Å²) in [5.41, 5.74) is 1.88. The fourth-order valence-electron chi connectivity index (χ4n) is 2.80. The van der Waals surface area contributed by atoms with Gasteiger partial charge in [0.1, 0.15) is 5.75 Å². The minimum absolute atomic E-state index is 0.184. The second kappa shape index (κ2) is 9.75. The lowest BCUT2D eigenvalue weighted by molar-refractivity contribution is -0.118. The number of anilines is 1. The quantitative estimate of drug-likeness (QED) is 0.620. The minimum Gasteiger partial charge on any atom is -0.482 e. The maximum atomic E-state index is 12.9. The van der Waals surface area contributed by atoms with Crippen LogP contribution < -0.4 is 10.1 Å². The normalized spacial score (nSPS) is 10.3. The van der Waals surface area contributed by atoms with Crippen LogP contribution in [0.15, 0.2) is 78.9 Å². The largest absolute Gasteiger partial charge is 0.482 e. The second-order valence-electron chi connectivity index (χ2n) is 6.46. The van der Waals surface area contributed by atoms with E-state index in [0.717, 1.165) is 5.56 Å². The van der Waals surface area contributed by atoms with Crippen molar-refractivity contribution in [3.8, 4) is 5.75 Å². The molecule has 0 atom stereocenters. The van der Waals surface area contributed by atoms with Crippen LogP contribution in [-0.2, 0) is 11.3 Å². The van der Waals surface area contributed by atoms with Gasteiger partial charge in [0, 0.05) is 13.6 Å². The van der Waals surface area contributed by atoms with Gasteiger partial charge in [0.2, 0.25) is 0 Å². The van der Waals surface area contributed by atoms with E-state index in [4.69, 9.17) is 16.3 Å². The van der Waals surface area contributed by atoms with E-state index in [-0.39, 0.29) is 18.4 Å². The molecule has 0 unspecified atom stereocenters. The number of ether oxygens (including phenoxy) is 1. The summed E-state index contributed by atoms with van der Waals surface area (Å²) in [6, 6.07) is 23.6. The van der Waals surface area contributed by atoms with Crippen LogP contribution in [0.2, 0.25) is 5.02 Å². The summed E-state index contributed by atoms with van der Waals surface area (Å²) in [5, 5.41) is 3.17. The zero-order valence-electron chi connectivity index (χ0n) is 16.0. The van der Waals surface area contributed by atoms with Crippen molar-refractivity contribution in [2.75, 3.05) is 19.0 Å². The van der Waals surface area contributed by atoms with E-state index in [0.29, 0.717) is 28.6 Å². The van der Waals surface area contributed by atoms with Gasteiger partial charge < -0.3 is 15.0 Å². The lowest BCUT2D eigenvalue weighted by Crippen LogP contribution is -2.28. The average Bonchev–Trinajstić information content (AvgIpc) is 2.74. The third-order valence-electron chi connectivity index (χ3n) is 4.24. The molecule has 0 saturated carbocycles. The first-order valence-corrected chi connectivity index (χ1v) is 9.48. The first-order valence-electron chi connectivity index (χ1n) is 9.10. The highest BCUT2D eigenvalue weighted by Gasteiger charge is 2.17. The Kier molecular flexibility index (Phi) is 6.87. The molecule has 0 aromatic heterocycles. The number of nitrogens with one attached hydrogen (secondary N) is 1. The number of para-hydroxylation sites is 2. The van der Waals surface area contributed by atoms with Crippen LogP contribution in [0.1, 0.15) is 15.9 Å². The predicted molar refractivity (Wildman–Crippen MR) is 114 cm³/mol. The molecule has 3 aromatic rings. The smallest absolute Gasteiger partial charge is 0.262 e. The average molecular weight is 409 g/mol. The Morgan fingerprint density at radius 2 is 1.59 bits per heavy atom. The van der Waals surface area contributed by atoms with Gasteiger partial charge >= 0.3 is 0 Å². The zero-order valence-corrected chi connectivity index (χ0v) is 16.7. The molecule has 148 valence electrons. The summed E-state index contributed by atoms with van der Waals surface area (Å²) in [5.74, 6) is -0.135. The summed E-state index contributed by atoms with van der Waals surface area (Å²) in [4.78, 5) is 26.8. The molecule has 2 amide bonds. The summed E-state index contributed by atoms with van der Waals surface area (Å²) < 4.78 is 5.46. The second-order valence-corrected chi connectivity index (χ2v) is 6.87. The summed E-state index contributed by atoms with van der Waals surface area (Å²) in [7, 11) is 1.73. The first-order chi connectivity index (χ1) is 14.0. The van der Waals surface area contributed by atoms with Crippen molar-refractivity contribution in [1.29, 1.82) is 0 Å². The Balaban J connectivity index is 1.65. The fourth-order valence-corrected chi connectivity index (χ4v) is 2.99. The highest BCUT2D eigenvalue weighted by molar-refractivity contribution is 6.32. The van der Waals surface area contributed by atoms with Crippen molar-refractivity contribution in [2.24, 2.45) is 0 Å². The predicted octanol–water partition coefficient (Wildman–Crippen LogP) is 4.63. The van der Waals surface area contributed by atoms with Crippen molar-refractivity contribution in [3.05, 3.63) is 95.0 Å². The minimum atomic E-state index is -0.379. The summed E-state index contributed by atoms with van der Waals surface area (Å²) >= 11 is 6.03. The molecule has 0 radical (unpaired) electrons. The molecule has 3 rings (SSSR count). The van der Waals surface area contributed by atoms with E-state index in [1.165, 1.54) is 0 Å². The van der Waals surface area contributed by atoms with Crippen molar-refractivity contribution < 1.29 is 14.3 Å². The maximum Gasteiger partial charge on any atom is 0.262 e. The van der Waals surface area contributed by atoms with Crippen LogP contribution in [0.5, 0.6) is 5.75 Å². The number of amides is 2. The van der Waals surface area contributed by atoms with Crippen LogP contribution in [0.3, 0.4) is 0 Å². The van der Waals surface area contributed by atoms with Gasteiger partial charge in [0.05, 0.1) is 16.3 Å². The van der Waals surface area contributed by atoms with E-state index in [9.17, 15) is 9.59 Å². The van der Waals surface area contributed by atoms with Gasteiger partial charge in [-0.15, -0.1) is 0 Å². The maximum absolute atomic E-state index is 12.9. The Bertz CT molecular complexity index is 992. The molecule has 0 aliphatic carbocycles. The molecule has 3 aromatic carbocycles. The zero-order chi connectivity index (χ0) is 20.6. The van der Waals surface area contributed by atoms with Gasteiger partial charge in [-0.3, -0.25) is 9.59 Å². The molecule has 0 aliphatic heterocycles. The van der Waals surface area contributed by atoms with Gasteiger partial charge in [0.15, 0.2) is 6.61 Å². The lowest BCUT2D eigenvalue weighted by atomic mass is 10.1. The molecule has 0 aliphatic rings. The number of halogens is 1. The van der Waals surface area contributed by atoms with E-state index in [1.807, 2.05) is 30.3 Å². The van der Waals surface area contributed by atoms with E-state index >= 15 is 0 Å². The number of rotatable bonds is 7. The SMILES string of the molecule is CN(Cc1ccccc1)C(=O)c1ccccc1NC(=O)COc1ccccc1Cl.